The highest BCUT2D eigenvalue weighted by atomic mass is 32.2. The van der Waals surface area contributed by atoms with Crippen molar-refractivity contribution in [2.24, 2.45) is 0 Å². The average molecular weight is 303 g/mol. The Morgan fingerprint density at radius 3 is 2.48 bits per heavy atom. The van der Waals surface area contributed by atoms with Crippen molar-refractivity contribution in [1.29, 1.82) is 0 Å². The minimum absolute atomic E-state index is 0.0575. The van der Waals surface area contributed by atoms with Crippen LogP contribution in [0.15, 0.2) is 47.4 Å². The van der Waals surface area contributed by atoms with E-state index in [4.69, 9.17) is 0 Å². The van der Waals surface area contributed by atoms with Gasteiger partial charge < -0.3 is 5.32 Å². The van der Waals surface area contributed by atoms with Crippen molar-refractivity contribution >= 4 is 23.4 Å². The molecule has 2 nitrogen and oxygen atoms in total. The highest BCUT2D eigenvalue weighted by molar-refractivity contribution is 7.99. The molecule has 2 aromatic carbocycles. The van der Waals surface area contributed by atoms with Crippen molar-refractivity contribution in [2.45, 2.75) is 25.2 Å². The lowest BCUT2D eigenvalue weighted by atomic mass is 10.1. The van der Waals surface area contributed by atoms with Crippen LogP contribution in [0.4, 0.5) is 10.1 Å². The minimum Gasteiger partial charge on any atom is -0.326 e. The molecule has 110 valence electrons. The number of carbonyl (C=O) groups is 1. The maximum Gasteiger partial charge on any atom is 0.225 e. The van der Waals surface area contributed by atoms with E-state index in [1.165, 1.54) is 28.2 Å². The van der Waals surface area contributed by atoms with E-state index in [2.05, 4.69) is 37.4 Å². The van der Waals surface area contributed by atoms with Gasteiger partial charge in [-0.05, 0) is 61.4 Å². The smallest absolute Gasteiger partial charge is 0.225 e. The number of rotatable bonds is 5. The van der Waals surface area contributed by atoms with Gasteiger partial charge in [-0.2, -0.15) is 0 Å². The Labute approximate surface area is 128 Å². The summed E-state index contributed by atoms with van der Waals surface area (Å²) in [5.74, 6) is 0.353. The van der Waals surface area contributed by atoms with E-state index < -0.39 is 0 Å². The van der Waals surface area contributed by atoms with Crippen LogP contribution in [0.2, 0.25) is 0 Å². The fourth-order valence-electron chi connectivity index (χ4n) is 1.82. The maximum atomic E-state index is 12.8. The van der Waals surface area contributed by atoms with E-state index in [0.29, 0.717) is 12.1 Å². The first-order valence-electron chi connectivity index (χ1n) is 6.80. The Morgan fingerprint density at radius 2 is 1.81 bits per heavy atom. The number of halogens is 1. The number of benzene rings is 2. The molecule has 0 fully saturated rings. The third-order valence-electron chi connectivity index (χ3n) is 3.20. The van der Waals surface area contributed by atoms with E-state index >= 15 is 0 Å². The Morgan fingerprint density at radius 1 is 1.10 bits per heavy atom. The maximum absolute atomic E-state index is 12.8. The van der Waals surface area contributed by atoms with Gasteiger partial charge in [-0.3, -0.25) is 4.79 Å². The normalized spacial score (nSPS) is 10.4. The van der Waals surface area contributed by atoms with Gasteiger partial charge in [0.15, 0.2) is 0 Å². The molecule has 2 rings (SSSR count). The van der Waals surface area contributed by atoms with E-state index in [0.717, 1.165) is 5.75 Å². The molecule has 0 aliphatic heterocycles. The second kappa shape index (κ2) is 7.27. The Balaban J connectivity index is 1.78. The van der Waals surface area contributed by atoms with Gasteiger partial charge in [-0.25, -0.2) is 4.39 Å². The molecule has 1 amide bonds. The third-order valence-corrected chi connectivity index (χ3v) is 4.20. The fourth-order valence-corrected chi connectivity index (χ4v) is 2.77. The van der Waals surface area contributed by atoms with Gasteiger partial charge in [0, 0.05) is 22.8 Å². The van der Waals surface area contributed by atoms with Gasteiger partial charge in [0.1, 0.15) is 5.82 Å². The zero-order chi connectivity index (χ0) is 15.2. The first-order valence-corrected chi connectivity index (χ1v) is 7.78. The molecule has 2 aromatic rings. The van der Waals surface area contributed by atoms with Crippen LogP contribution >= 0.6 is 11.8 Å². The first kappa shape index (κ1) is 15.6. The predicted octanol–water partition coefficient (Wildman–Crippen LogP) is 4.56. The highest BCUT2D eigenvalue weighted by Crippen LogP contribution is 2.21. The van der Waals surface area contributed by atoms with Crippen LogP contribution in [-0.4, -0.2) is 11.7 Å². The van der Waals surface area contributed by atoms with Crippen LogP contribution in [-0.2, 0) is 4.79 Å². The van der Waals surface area contributed by atoms with Crippen LogP contribution in [0.3, 0.4) is 0 Å². The van der Waals surface area contributed by atoms with E-state index in [1.807, 2.05) is 0 Å². The molecular weight excluding hydrogens is 285 g/mol. The molecule has 21 heavy (non-hydrogen) atoms. The standard InChI is InChI=1S/C17H18FNOS/c1-12-3-8-16(11-13(12)2)21-10-9-17(20)19-15-6-4-14(18)5-7-15/h3-8,11H,9-10H2,1-2H3,(H,19,20). The Hall–Kier alpha value is -1.81. The lowest BCUT2D eigenvalue weighted by Crippen LogP contribution is -2.12. The van der Waals surface area contributed by atoms with Gasteiger partial charge in [0.25, 0.3) is 0 Å². The zero-order valence-electron chi connectivity index (χ0n) is 12.2. The molecule has 0 aromatic heterocycles. The van der Waals surface area contributed by atoms with E-state index in [9.17, 15) is 9.18 Å². The average Bonchev–Trinajstić information content (AvgIpc) is 2.45. The molecule has 0 aliphatic rings. The molecule has 1 N–H and O–H groups in total. The Kier molecular flexibility index (Phi) is 5.39. The highest BCUT2D eigenvalue weighted by Gasteiger charge is 2.04. The zero-order valence-corrected chi connectivity index (χ0v) is 13.0. The number of anilines is 1. The fraction of sp³-hybridized carbons (Fsp3) is 0.235. The van der Waals surface area contributed by atoms with E-state index in [-0.39, 0.29) is 11.7 Å². The van der Waals surface area contributed by atoms with Gasteiger partial charge in [0.05, 0.1) is 0 Å². The van der Waals surface area contributed by atoms with Gasteiger partial charge >= 0.3 is 0 Å². The molecule has 0 saturated heterocycles. The number of hydrogen-bond acceptors (Lipinski definition) is 2. The quantitative estimate of drug-likeness (QED) is 0.820. The molecule has 0 saturated carbocycles. The number of nitrogens with one attached hydrogen (secondary N) is 1. The molecule has 0 radical (unpaired) electrons. The molecule has 0 bridgehead atoms. The molecule has 0 heterocycles. The van der Waals surface area contributed by atoms with Crippen LogP contribution in [0.5, 0.6) is 0 Å². The largest absolute Gasteiger partial charge is 0.326 e. The summed E-state index contributed by atoms with van der Waals surface area (Å²) in [4.78, 5) is 13.0. The van der Waals surface area contributed by atoms with Gasteiger partial charge in [-0.1, -0.05) is 6.07 Å². The van der Waals surface area contributed by atoms with Crippen LogP contribution in [0.1, 0.15) is 17.5 Å². The molecule has 0 spiro atoms. The number of aryl methyl sites for hydroxylation is 2. The summed E-state index contributed by atoms with van der Waals surface area (Å²) >= 11 is 1.66. The lowest BCUT2D eigenvalue weighted by Gasteiger charge is -2.06. The van der Waals surface area contributed by atoms with Crippen molar-refractivity contribution in [3.8, 4) is 0 Å². The second-order valence-electron chi connectivity index (χ2n) is 4.90. The van der Waals surface area contributed by atoms with Crippen molar-refractivity contribution in [3.05, 3.63) is 59.4 Å². The summed E-state index contributed by atoms with van der Waals surface area (Å²) in [5.41, 5.74) is 3.15. The molecule has 0 aliphatic carbocycles. The first-order chi connectivity index (χ1) is 10.0. The van der Waals surface area contributed by atoms with Crippen molar-refractivity contribution in [2.75, 3.05) is 11.1 Å². The van der Waals surface area contributed by atoms with Crippen molar-refractivity contribution in [1.82, 2.24) is 0 Å². The summed E-state index contributed by atoms with van der Waals surface area (Å²) in [6.07, 6.45) is 0.426. The van der Waals surface area contributed by atoms with Crippen molar-refractivity contribution < 1.29 is 9.18 Å². The molecule has 4 heteroatoms. The second-order valence-corrected chi connectivity index (χ2v) is 6.07. The molecular formula is C17H18FNOS. The summed E-state index contributed by atoms with van der Waals surface area (Å²) in [6, 6.07) is 12.1. The summed E-state index contributed by atoms with van der Waals surface area (Å²) in [5, 5.41) is 2.76. The van der Waals surface area contributed by atoms with E-state index in [1.54, 1.807) is 23.9 Å². The van der Waals surface area contributed by atoms with Gasteiger partial charge in [0.2, 0.25) is 5.91 Å². The number of carbonyl (C=O) groups excluding carboxylic acids is 1. The topological polar surface area (TPSA) is 29.1 Å². The third kappa shape index (κ3) is 4.90. The number of thioether (sulfide) groups is 1. The summed E-state index contributed by atoms with van der Waals surface area (Å²) < 4.78 is 12.8. The monoisotopic (exact) mass is 303 g/mol. The lowest BCUT2D eigenvalue weighted by molar-refractivity contribution is -0.115. The van der Waals surface area contributed by atoms with Crippen LogP contribution in [0, 0.1) is 19.7 Å². The number of amides is 1. The summed E-state index contributed by atoms with van der Waals surface area (Å²) in [7, 11) is 0. The van der Waals surface area contributed by atoms with Crippen molar-refractivity contribution in [3.63, 3.8) is 0 Å². The minimum atomic E-state index is -0.307. The summed E-state index contributed by atoms with van der Waals surface area (Å²) in [6.45, 7) is 4.17. The molecule has 0 unspecified atom stereocenters. The SMILES string of the molecule is Cc1ccc(SCCC(=O)Nc2ccc(F)cc2)cc1C. The predicted molar refractivity (Wildman–Crippen MR) is 86.3 cm³/mol. The molecule has 0 atom stereocenters. The van der Waals surface area contributed by atoms with Crippen LogP contribution in [0.25, 0.3) is 0 Å². The number of hydrogen-bond donors (Lipinski definition) is 1. The Bertz CT molecular complexity index is 625. The van der Waals surface area contributed by atoms with Gasteiger partial charge in [-0.15, -0.1) is 11.8 Å². The van der Waals surface area contributed by atoms with Crippen LogP contribution < -0.4 is 5.32 Å².